The standard InChI is InChI=1S/C14H13Br2NO3/c1-8-3-12(9(7-18)6-17-8)20-14-5-10(15)13(19-2)4-11(14)16/h3-6,18H,7H2,1-2H3. The molecule has 1 aromatic carbocycles. The molecule has 0 atom stereocenters. The van der Waals surface area contributed by atoms with Gasteiger partial charge in [0.05, 0.1) is 22.7 Å². The Balaban J connectivity index is 2.39. The number of hydrogen-bond donors (Lipinski definition) is 1. The summed E-state index contributed by atoms with van der Waals surface area (Å²) < 4.78 is 12.6. The predicted molar refractivity (Wildman–Crippen MR) is 83.4 cm³/mol. The molecule has 2 aromatic rings. The van der Waals surface area contributed by atoms with Crippen molar-refractivity contribution in [3.05, 3.63) is 44.6 Å². The van der Waals surface area contributed by atoms with Gasteiger partial charge in [0, 0.05) is 23.5 Å². The molecule has 1 heterocycles. The van der Waals surface area contributed by atoms with Crippen molar-refractivity contribution in [2.24, 2.45) is 0 Å². The lowest BCUT2D eigenvalue weighted by molar-refractivity contribution is 0.276. The van der Waals surface area contributed by atoms with Crippen molar-refractivity contribution in [1.29, 1.82) is 0 Å². The quantitative estimate of drug-likeness (QED) is 0.832. The van der Waals surface area contributed by atoms with Crippen LogP contribution in [-0.2, 0) is 6.61 Å². The maximum Gasteiger partial charge on any atom is 0.143 e. The molecule has 0 aliphatic rings. The van der Waals surface area contributed by atoms with Gasteiger partial charge >= 0.3 is 0 Å². The van der Waals surface area contributed by atoms with Gasteiger partial charge in [0.2, 0.25) is 0 Å². The van der Waals surface area contributed by atoms with Crippen molar-refractivity contribution in [2.45, 2.75) is 13.5 Å². The molecule has 1 aromatic heterocycles. The Labute approximate surface area is 134 Å². The van der Waals surface area contributed by atoms with Crippen LogP contribution < -0.4 is 9.47 Å². The minimum absolute atomic E-state index is 0.127. The number of halogens is 2. The van der Waals surface area contributed by atoms with Gasteiger partial charge in [-0.05, 0) is 50.9 Å². The fourth-order valence-electron chi connectivity index (χ4n) is 1.64. The van der Waals surface area contributed by atoms with Gasteiger partial charge in [-0.15, -0.1) is 0 Å². The Bertz CT molecular complexity index is 632. The molecule has 106 valence electrons. The monoisotopic (exact) mass is 401 g/mol. The van der Waals surface area contributed by atoms with Crippen LogP contribution in [0.1, 0.15) is 11.3 Å². The largest absolute Gasteiger partial charge is 0.496 e. The van der Waals surface area contributed by atoms with Gasteiger partial charge in [-0.2, -0.15) is 0 Å². The van der Waals surface area contributed by atoms with E-state index in [0.29, 0.717) is 22.8 Å². The van der Waals surface area contributed by atoms with Crippen molar-refractivity contribution in [1.82, 2.24) is 4.98 Å². The molecule has 0 aliphatic heterocycles. The smallest absolute Gasteiger partial charge is 0.143 e. The number of hydrogen-bond acceptors (Lipinski definition) is 4. The first-order valence-electron chi connectivity index (χ1n) is 5.82. The molecule has 0 unspecified atom stereocenters. The van der Waals surface area contributed by atoms with Crippen molar-refractivity contribution in [3.63, 3.8) is 0 Å². The molecule has 4 nitrogen and oxygen atoms in total. The highest BCUT2D eigenvalue weighted by molar-refractivity contribution is 9.11. The van der Waals surface area contributed by atoms with Gasteiger partial charge in [0.1, 0.15) is 17.2 Å². The second kappa shape index (κ2) is 6.56. The van der Waals surface area contributed by atoms with Crippen LogP contribution in [0.25, 0.3) is 0 Å². The summed E-state index contributed by atoms with van der Waals surface area (Å²) in [6.45, 7) is 1.74. The molecule has 0 fully saturated rings. The molecule has 0 radical (unpaired) electrons. The first kappa shape index (κ1) is 15.3. The van der Waals surface area contributed by atoms with E-state index < -0.39 is 0 Å². The van der Waals surface area contributed by atoms with Crippen LogP contribution in [-0.4, -0.2) is 17.2 Å². The maximum absolute atomic E-state index is 9.33. The average molecular weight is 403 g/mol. The van der Waals surface area contributed by atoms with Gasteiger partial charge in [-0.25, -0.2) is 0 Å². The first-order chi connectivity index (χ1) is 9.55. The summed E-state index contributed by atoms with van der Waals surface area (Å²) in [5.41, 5.74) is 1.45. The third-order valence-corrected chi connectivity index (χ3v) is 3.92. The summed E-state index contributed by atoms with van der Waals surface area (Å²) in [6.07, 6.45) is 1.61. The van der Waals surface area contributed by atoms with E-state index in [4.69, 9.17) is 9.47 Å². The van der Waals surface area contributed by atoms with Crippen LogP contribution in [0.3, 0.4) is 0 Å². The fraction of sp³-hybridized carbons (Fsp3) is 0.214. The molecule has 1 N–H and O–H groups in total. The summed E-state index contributed by atoms with van der Waals surface area (Å²) in [5, 5.41) is 9.33. The summed E-state index contributed by atoms with van der Waals surface area (Å²) >= 11 is 6.86. The SMILES string of the molecule is COc1cc(Br)c(Oc2cc(C)ncc2CO)cc1Br. The summed E-state index contributed by atoms with van der Waals surface area (Å²) in [4.78, 5) is 4.14. The molecular weight excluding hydrogens is 390 g/mol. The normalized spacial score (nSPS) is 10.4. The molecule has 0 saturated heterocycles. The molecule has 0 spiro atoms. The molecule has 0 amide bonds. The lowest BCUT2D eigenvalue weighted by atomic mass is 10.2. The number of aliphatic hydroxyl groups is 1. The van der Waals surface area contributed by atoms with Gasteiger partial charge < -0.3 is 14.6 Å². The highest BCUT2D eigenvalue weighted by Crippen LogP contribution is 2.38. The number of benzene rings is 1. The lowest BCUT2D eigenvalue weighted by Crippen LogP contribution is -1.96. The number of pyridine rings is 1. The topological polar surface area (TPSA) is 51.6 Å². The first-order valence-corrected chi connectivity index (χ1v) is 7.41. The van der Waals surface area contributed by atoms with E-state index in [2.05, 4.69) is 36.8 Å². The minimum Gasteiger partial charge on any atom is -0.496 e. The number of aromatic nitrogens is 1. The number of methoxy groups -OCH3 is 1. The maximum atomic E-state index is 9.33. The number of aliphatic hydroxyl groups excluding tert-OH is 1. The van der Waals surface area contributed by atoms with E-state index in [9.17, 15) is 5.11 Å². The zero-order valence-corrected chi connectivity index (χ0v) is 14.2. The Morgan fingerprint density at radius 2 is 1.75 bits per heavy atom. The Morgan fingerprint density at radius 1 is 1.10 bits per heavy atom. The van der Waals surface area contributed by atoms with Gasteiger partial charge in [0.15, 0.2) is 0 Å². The van der Waals surface area contributed by atoms with Crippen LogP contribution in [0.2, 0.25) is 0 Å². The van der Waals surface area contributed by atoms with Crippen LogP contribution >= 0.6 is 31.9 Å². The van der Waals surface area contributed by atoms with Crippen molar-refractivity contribution < 1.29 is 14.6 Å². The van der Waals surface area contributed by atoms with Crippen LogP contribution in [0.5, 0.6) is 17.2 Å². The van der Waals surface area contributed by atoms with E-state index in [1.165, 1.54) is 0 Å². The third kappa shape index (κ3) is 3.31. The second-order valence-corrected chi connectivity index (χ2v) is 5.82. The molecule has 20 heavy (non-hydrogen) atoms. The number of nitrogens with zero attached hydrogens (tertiary/aromatic N) is 1. The summed E-state index contributed by atoms with van der Waals surface area (Å²) in [6, 6.07) is 5.40. The Kier molecular flexibility index (Phi) is 5.01. The zero-order valence-electron chi connectivity index (χ0n) is 11.0. The van der Waals surface area contributed by atoms with Gasteiger partial charge in [0.25, 0.3) is 0 Å². The predicted octanol–water partition coefficient (Wildman–Crippen LogP) is 4.21. The Hall–Kier alpha value is -1.11. The van der Waals surface area contributed by atoms with Crippen LogP contribution in [0.15, 0.2) is 33.3 Å². The zero-order chi connectivity index (χ0) is 14.7. The highest BCUT2D eigenvalue weighted by atomic mass is 79.9. The number of rotatable bonds is 4. The van der Waals surface area contributed by atoms with Gasteiger partial charge in [-0.1, -0.05) is 0 Å². The molecule has 0 bridgehead atoms. The summed E-state index contributed by atoms with van der Waals surface area (Å²) in [5.74, 6) is 1.91. The van der Waals surface area contributed by atoms with E-state index in [0.717, 1.165) is 14.6 Å². The number of ether oxygens (including phenoxy) is 2. The third-order valence-electron chi connectivity index (χ3n) is 2.68. The van der Waals surface area contributed by atoms with Crippen molar-refractivity contribution in [2.75, 3.05) is 7.11 Å². The van der Waals surface area contributed by atoms with Gasteiger partial charge in [-0.3, -0.25) is 4.98 Å². The molecule has 2 rings (SSSR count). The van der Waals surface area contributed by atoms with E-state index in [-0.39, 0.29) is 6.61 Å². The highest BCUT2D eigenvalue weighted by Gasteiger charge is 2.11. The average Bonchev–Trinajstić information content (AvgIpc) is 2.42. The van der Waals surface area contributed by atoms with Crippen LogP contribution in [0, 0.1) is 6.92 Å². The molecule has 6 heteroatoms. The minimum atomic E-state index is -0.127. The molecular formula is C14H13Br2NO3. The van der Waals surface area contributed by atoms with E-state index >= 15 is 0 Å². The van der Waals surface area contributed by atoms with Crippen LogP contribution in [0.4, 0.5) is 0 Å². The molecule has 0 aliphatic carbocycles. The molecule has 0 saturated carbocycles. The number of aryl methyl sites for hydroxylation is 1. The van der Waals surface area contributed by atoms with Crippen molar-refractivity contribution in [3.8, 4) is 17.2 Å². The van der Waals surface area contributed by atoms with Crippen molar-refractivity contribution >= 4 is 31.9 Å². The van der Waals surface area contributed by atoms with E-state index in [1.807, 2.05) is 13.0 Å². The Morgan fingerprint density at radius 3 is 2.40 bits per heavy atom. The summed E-state index contributed by atoms with van der Waals surface area (Å²) in [7, 11) is 1.60. The van der Waals surface area contributed by atoms with E-state index in [1.54, 1.807) is 25.4 Å². The fourth-order valence-corrected chi connectivity index (χ4v) is 2.53. The lowest BCUT2D eigenvalue weighted by Gasteiger charge is -2.13. The second-order valence-electron chi connectivity index (χ2n) is 4.11.